The van der Waals surface area contributed by atoms with Crippen molar-refractivity contribution in [3.63, 3.8) is 0 Å². The molecule has 6 nitrogen and oxygen atoms in total. The van der Waals surface area contributed by atoms with E-state index in [1.807, 2.05) is 24.3 Å². The molecule has 1 atom stereocenters. The van der Waals surface area contributed by atoms with Gasteiger partial charge in [-0.15, -0.1) is 0 Å². The van der Waals surface area contributed by atoms with Crippen molar-refractivity contribution in [2.45, 2.75) is 18.9 Å². The number of hydrogen-bond acceptors (Lipinski definition) is 4. The third kappa shape index (κ3) is 6.08. The molecule has 2 rings (SSSR count). The molecular weight excluding hydrogens is 294 g/mol. The molecule has 0 unspecified atom stereocenters. The summed E-state index contributed by atoms with van der Waals surface area (Å²) in [4.78, 5) is 15.1. The fourth-order valence-electron chi connectivity index (χ4n) is 2.80. The van der Waals surface area contributed by atoms with E-state index in [9.17, 15) is 4.79 Å². The summed E-state index contributed by atoms with van der Waals surface area (Å²) >= 11 is 0. The van der Waals surface area contributed by atoms with E-state index < -0.39 is 6.09 Å². The summed E-state index contributed by atoms with van der Waals surface area (Å²) in [5.41, 5.74) is 1.10. The first kappa shape index (κ1) is 17.6. The Balaban J connectivity index is 1.65. The number of benzene rings is 1. The second-order valence-corrected chi connectivity index (χ2v) is 6.18. The molecule has 128 valence electrons. The van der Waals surface area contributed by atoms with Crippen LogP contribution in [0.5, 0.6) is 5.75 Å². The summed E-state index contributed by atoms with van der Waals surface area (Å²) in [6, 6.07) is 8.52. The van der Waals surface area contributed by atoms with Gasteiger partial charge in [0.15, 0.2) is 0 Å². The molecule has 1 aliphatic rings. The number of ether oxygens (including phenoxy) is 1. The lowest BCUT2D eigenvalue weighted by Gasteiger charge is -2.20. The van der Waals surface area contributed by atoms with Crippen LogP contribution in [0.4, 0.5) is 4.79 Å². The first-order chi connectivity index (χ1) is 11.0. The van der Waals surface area contributed by atoms with Gasteiger partial charge in [-0.05, 0) is 51.2 Å². The first-order valence-electron chi connectivity index (χ1n) is 8.12. The van der Waals surface area contributed by atoms with Crippen LogP contribution >= 0.6 is 0 Å². The zero-order valence-electron chi connectivity index (χ0n) is 14.0. The Hall–Kier alpha value is -1.79. The molecule has 1 fully saturated rings. The molecule has 1 aromatic carbocycles. The van der Waals surface area contributed by atoms with Gasteiger partial charge in [0.25, 0.3) is 0 Å². The van der Waals surface area contributed by atoms with Crippen LogP contribution in [0, 0.1) is 0 Å². The fourth-order valence-corrected chi connectivity index (χ4v) is 2.80. The average Bonchev–Trinajstić information content (AvgIpc) is 2.98. The van der Waals surface area contributed by atoms with Crippen molar-refractivity contribution in [1.82, 2.24) is 15.1 Å². The monoisotopic (exact) mass is 321 g/mol. The number of hydrogen-bond donors (Lipinski definition) is 2. The molecule has 1 saturated heterocycles. The van der Waals surface area contributed by atoms with Crippen LogP contribution in [0.15, 0.2) is 24.3 Å². The minimum Gasteiger partial charge on any atom is -0.492 e. The molecule has 0 aliphatic carbocycles. The van der Waals surface area contributed by atoms with Crippen molar-refractivity contribution in [3.05, 3.63) is 29.8 Å². The van der Waals surface area contributed by atoms with Crippen LogP contribution in [-0.2, 0) is 6.42 Å². The zero-order chi connectivity index (χ0) is 16.7. The lowest BCUT2D eigenvalue weighted by Crippen LogP contribution is -2.33. The maximum absolute atomic E-state index is 10.4. The highest BCUT2D eigenvalue weighted by molar-refractivity contribution is 5.64. The predicted molar refractivity (Wildman–Crippen MR) is 90.2 cm³/mol. The maximum atomic E-state index is 10.4. The molecule has 2 N–H and O–H groups in total. The molecule has 0 saturated carbocycles. The van der Waals surface area contributed by atoms with Crippen molar-refractivity contribution < 1.29 is 14.6 Å². The van der Waals surface area contributed by atoms with E-state index in [1.54, 1.807) is 0 Å². The highest BCUT2D eigenvalue weighted by Gasteiger charge is 2.23. The second kappa shape index (κ2) is 8.74. The van der Waals surface area contributed by atoms with Crippen molar-refractivity contribution in [3.8, 4) is 5.75 Å². The maximum Gasteiger partial charge on any atom is 0.404 e. The Morgan fingerprint density at radius 2 is 2.13 bits per heavy atom. The number of nitrogens with one attached hydrogen (secondary N) is 1. The largest absolute Gasteiger partial charge is 0.492 e. The molecule has 0 spiro atoms. The van der Waals surface area contributed by atoms with Crippen molar-refractivity contribution in [1.29, 1.82) is 0 Å². The van der Waals surface area contributed by atoms with Gasteiger partial charge in [0.1, 0.15) is 12.4 Å². The SMILES string of the molecule is CN(C)[C@H]1CCN(CCOc2ccc(CCNC(=O)O)cc2)C1. The van der Waals surface area contributed by atoms with Gasteiger partial charge in [0.05, 0.1) is 0 Å². The summed E-state index contributed by atoms with van der Waals surface area (Å²) in [6.07, 6.45) is 0.932. The number of likely N-dealkylation sites (N-methyl/N-ethyl adjacent to an activating group) is 1. The molecule has 23 heavy (non-hydrogen) atoms. The van der Waals surface area contributed by atoms with Crippen molar-refractivity contribution in [2.24, 2.45) is 0 Å². The van der Waals surface area contributed by atoms with Gasteiger partial charge in [-0.2, -0.15) is 0 Å². The molecule has 1 aliphatic heterocycles. The Labute approximate surface area is 138 Å². The normalized spacial score (nSPS) is 18.3. The number of likely N-dealkylation sites (tertiary alicyclic amines) is 1. The minimum atomic E-state index is -0.983. The van der Waals surface area contributed by atoms with E-state index in [2.05, 4.69) is 29.2 Å². The molecule has 0 radical (unpaired) electrons. The van der Waals surface area contributed by atoms with Crippen molar-refractivity contribution >= 4 is 6.09 Å². The topological polar surface area (TPSA) is 65.0 Å². The zero-order valence-corrected chi connectivity index (χ0v) is 14.0. The van der Waals surface area contributed by atoms with Crippen LogP contribution in [-0.4, -0.2) is 73.9 Å². The summed E-state index contributed by atoms with van der Waals surface area (Å²) in [7, 11) is 4.27. The first-order valence-corrected chi connectivity index (χ1v) is 8.12. The van der Waals surface area contributed by atoms with Gasteiger partial charge in [0.2, 0.25) is 0 Å². The molecule has 0 bridgehead atoms. The highest BCUT2D eigenvalue weighted by atomic mass is 16.5. The quantitative estimate of drug-likeness (QED) is 0.760. The van der Waals surface area contributed by atoms with Gasteiger partial charge in [-0.25, -0.2) is 4.79 Å². The molecule has 0 aromatic heterocycles. The summed E-state index contributed by atoms with van der Waals surface area (Å²) in [5.74, 6) is 0.864. The minimum absolute atomic E-state index is 0.428. The lowest BCUT2D eigenvalue weighted by molar-refractivity contribution is 0.194. The molecule has 1 heterocycles. The Bertz CT molecular complexity index is 490. The molecule has 1 amide bonds. The van der Waals surface area contributed by atoms with Crippen LogP contribution in [0.1, 0.15) is 12.0 Å². The average molecular weight is 321 g/mol. The third-order valence-electron chi connectivity index (χ3n) is 4.27. The van der Waals surface area contributed by atoms with E-state index in [4.69, 9.17) is 9.84 Å². The van der Waals surface area contributed by atoms with Gasteiger partial charge in [0, 0.05) is 25.7 Å². The Kier molecular flexibility index (Phi) is 6.67. The Morgan fingerprint density at radius 3 is 2.74 bits per heavy atom. The van der Waals surface area contributed by atoms with E-state index >= 15 is 0 Å². The van der Waals surface area contributed by atoms with Gasteiger partial charge < -0.3 is 20.1 Å². The summed E-state index contributed by atoms with van der Waals surface area (Å²) < 4.78 is 5.80. The summed E-state index contributed by atoms with van der Waals surface area (Å²) in [6.45, 7) is 4.33. The van der Waals surface area contributed by atoms with E-state index in [-0.39, 0.29) is 0 Å². The van der Waals surface area contributed by atoms with Crippen LogP contribution in [0.3, 0.4) is 0 Å². The fraction of sp³-hybridized carbons (Fsp3) is 0.588. The standard InChI is InChI=1S/C17H27N3O3/c1-19(2)15-8-10-20(13-15)11-12-23-16-5-3-14(4-6-16)7-9-18-17(21)22/h3-6,15,18H,7-13H2,1-2H3,(H,21,22)/t15-/m0/s1. The van der Waals surface area contributed by atoms with Crippen LogP contribution < -0.4 is 10.1 Å². The van der Waals surface area contributed by atoms with Crippen LogP contribution in [0.25, 0.3) is 0 Å². The van der Waals surface area contributed by atoms with Gasteiger partial charge in [-0.1, -0.05) is 12.1 Å². The lowest BCUT2D eigenvalue weighted by atomic mass is 10.1. The Morgan fingerprint density at radius 1 is 1.39 bits per heavy atom. The second-order valence-electron chi connectivity index (χ2n) is 6.18. The summed E-state index contributed by atoms with van der Waals surface area (Å²) in [5, 5.41) is 10.9. The van der Waals surface area contributed by atoms with Gasteiger partial charge >= 0.3 is 6.09 Å². The van der Waals surface area contributed by atoms with Crippen LogP contribution in [0.2, 0.25) is 0 Å². The number of rotatable bonds is 8. The number of amides is 1. The number of carboxylic acid groups (broad SMARTS) is 1. The number of nitrogens with zero attached hydrogens (tertiary/aromatic N) is 2. The number of carbonyl (C=O) groups is 1. The van der Waals surface area contributed by atoms with E-state index in [1.165, 1.54) is 6.42 Å². The van der Waals surface area contributed by atoms with E-state index in [0.29, 0.717) is 25.6 Å². The molecule has 1 aromatic rings. The predicted octanol–water partition coefficient (Wildman–Crippen LogP) is 1.51. The molecular formula is C17H27N3O3. The van der Waals surface area contributed by atoms with Crippen molar-refractivity contribution in [2.75, 3.05) is 46.9 Å². The molecule has 6 heteroatoms. The van der Waals surface area contributed by atoms with E-state index in [0.717, 1.165) is 30.9 Å². The third-order valence-corrected chi connectivity index (χ3v) is 4.27. The van der Waals surface area contributed by atoms with Gasteiger partial charge in [-0.3, -0.25) is 4.90 Å². The highest BCUT2D eigenvalue weighted by Crippen LogP contribution is 2.15. The smallest absolute Gasteiger partial charge is 0.404 e.